The van der Waals surface area contributed by atoms with Crippen LogP contribution in [0.4, 0.5) is 0 Å². The van der Waals surface area contributed by atoms with Gasteiger partial charge in [0.25, 0.3) is 0 Å². The number of nitrogens with one attached hydrogen (secondary N) is 1. The van der Waals surface area contributed by atoms with E-state index in [0.29, 0.717) is 18.2 Å². The van der Waals surface area contributed by atoms with Crippen LogP contribution in [0.5, 0.6) is 0 Å². The van der Waals surface area contributed by atoms with Gasteiger partial charge in [-0.15, -0.1) is 0 Å². The molecule has 1 unspecified atom stereocenters. The molecular weight excluding hydrogens is 252 g/mol. The molecule has 0 amide bonds. The van der Waals surface area contributed by atoms with Gasteiger partial charge in [0.2, 0.25) is 0 Å². The molecule has 1 aromatic carbocycles. The summed E-state index contributed by atoms with van der Waals surface area (Å²) < 4.78 is 4.82. The van der Waals surface area contributed by atoms with Gasteiger partial charge in [0.05, 0.1) is 12.7 Å². The van der Waals surface area contributed by atoms with Gasteiger partial charge in [0.15, 0.2) is 0 Å². The number of hydrogen-bond donors (Lipinski definition) is 1. The van der Waals surface area contributed by atoms with Crippen molar-refractivity contribution in [3.05, 3.63) is 35.4 Å². The maximum Gasteiger partial charge on any atom is 0.338 e. The third-order valence-electron chi connectivity index (χ3n) is 4.02. The van der Waals surface area contributed by atoms with Crippen molar-refractivity contribution in [2.45, 2.75) is 32.4 Å². The van der Waals surface area contributed by atoms with Crippen molar-refractivity contribution in [1.29, 1.82) is 0 Å². The van der Waals surface area contributed by atoms with Crippen molar-refractivity contribution in [1.82, 2.24) is 10.2 Å². The summed E-state index contributed by atoms with van der Waals surface area (Å²) in [6.07, 6.45) is 2.55. The molecule has 1 fully saturated rings. The Balaban J connectivity index is 1.89. The quantitative estimate of drug-likeness (QED) is 0.807. The van der Waals surface area contributed by atoms with Gasteiger partial charge < -0.3 is 10.1 Å². The summed E-state index contributed by atoms with van der Waals surface area (Å²) in [6, 6.07) is 8.25. The van der Waals surface area contributed by atoms with E-state index in [1.54, 1.807) is 0 Å². The lowest BCUT2D eigenvalue weighted by molar-refractivity contribution is 0.0599. The van der Waals surface area contributed by atoms with E-state index in [1.165, 1.54) is 26.5 Å². The maximum atomic E-state index is 11.7. The average Bonchev–Trinajstić information content (AvgIpc) is 2.94. The third-order valence-corrected chi connectivity index (χ3v) is 4.02. The predicted molar refractivity (Wildman–Crippen MR) is 79.8 cm³/mol. The van der Waals surface area contributed by atoms with Gasteiger partial charge >= 0.3 is 5.97 Å². The maximum absolute atomic E-state index is 11.7. The topological polar surface area (TPSA) is 41.6 Å². The summed E-state index contributed by atoms with van der Waals surface area (Å²) in [5.74, 6) is -0.265. The highest BCUT2D eigenvalue weighted by molar-refractivity contribution is 5.90. The standard InChI is InChI=1S/C16H24N2O2/c1-3-18-10-6-8-14(18)12-17-11-13-7-4-5-9-15(13)16(19)20-2/h4-5,7,9,14,17H,3,6,8,10-12H2,1-2H3. The van der Waals surface area contributed by atoms with Crippen molar-refractivity contribution in [3.63, 3.8) is 0 Å². The molecule has 4 heteroatoms. The van der Waals surface area contributed by atoms with Crippen LogP contribution in [-0.4, -0.2) is 43.7 Å². The highest BCUT2D eigenvalue weighted by atomic mass is 16.5. The molecule has 1 aliphatic heterocycles. The minimum absolute atomic E-state index is 0.265. The van der Waals surface area contributed by atoms with E-state index in [1.807, 2.05) is 24.3 Å². The lowest BCUT2D eigenvalue weighted by Gasteiger charge is -2.23. The molecule has 0 radical (unpaired) electrons. The summed E-state index contributed by atoms with van der Waals surface area (Å²) in [7, 11) is 1.42. The highest BCUT2D eigenvalue weighted by Crippen LogP contribution is 2.16. The molecule has 110 valence electrons. The van der Waals surface area contributed by atoms with Crippen molar-refractivity contribution >= 4 is 5.97 Å². The zero-order valence-electron chi connectivity index (χ0n) is 12.4. The summed E-state index contributed by atoms with van der Waals surface area (Å²) in [6.45, 7) is 6.22. The second kappa shape index (κ2) is 7.41. The molecule has 0 saturated carbocycles. The van der Waals surface area contributed by atoms with E-state index in [-0.39, 0.29) is 5.97 Å². The van der Waals surface area contributed by atoms with Gasteiger partial charge in [-0.3, -0.25) is 4.90 Å². The Kier molecular flexibility index (Phi) is 5.56. The van der Waals surface area contributed by atoms with E-state index in [9.17, 15) is 4.79 Å². The number of carbonyl (C=O) groups is 1. The summed E-state index contributed by atoms with van der Waals surface area (Å²) in [5.41, 5.74) is 1.65. The number of likely N-dealkylation sites (N-methyl/N-ethyl adjacent to an activating group) is 1. The molecule has 1 heterocycles. The van der Waals surface area contributed by atoms with Gasteiger partial charge in [-0.1, -0.05) is 25.1 Å². The summed E-state index contributed by atoms with van der Waals surface area (Å²) in [4.78, 5) is 14.2. The monoisotopic (exact) mass is 276 g/mol. The number of esters is 1. The predicted octanol–water partition coefficient (Wildman–Crippen LogP) is 2.05. The number of carbonyl (C=O) groups excluding carboxylic acids is 1. The first kappa shape index (κ1) is 15.0. The van der Waals surface area contributed by atoms with Crippen molar-refractivity contribution in [2.75, 3.05) is 26.7 Å². The van der Waals surface area contributed by atoms with Crippen LogP contribution in [0.25, 0.3) is 0 Å². The van der Waals surface area contributed by atoms with Crippen LogP contribution in [0.15, 0.2) is 24.3 Å². The number of methoxy groups -OCH3 is 1. The number of nitrogens with zero attached hydrogens (tertiary/aromatic N) is 1. The molecular formula is C16H24N2O2. The van der Waals surface area contributed by atoms with Gasteiger partial charge in [0, 0.05) is 19.1 Å². The molecule has 0 aliphatic carbocycles. The Labute approximate surface area is 121 Å². The fraction of sp³-hybridized carbons (Fsp3) is 0.562. The first-order valence-corrected chi connectivity index (χ1v) is 7.37. The van der Waals surface area contributed by atoms with Crippen LogP contribution in [0.2, 0.25) is 0 Å². The first-order chi connectivity index (χ1) is 9.76. The zero-order valence-corrected chi connectivity index (χ0v) is 12.4. The number of benzene rings is 1. The molecule has 4 nitrogen and oxygen atoms in total. The smallest absolute Gasteiger partial charge is 0.338 e. The SMILES string of the molecule is CCN1CCCC1CNCc1ccccc1C(=O)OC. The molecule has 1 aliphatic rings. The number of ether oxygens (including phenoxy) is 1. The molecule has 1 saturated heterocycles. The van der Waals surface area contributed by atoms with Crippen LogP contribution in [0.1, 0.15) is 35.7 Å². The summed E-state index contributed by atoms with van der Waals surface area (Å²) in [5, 5.41) is 3.48. The second-order valence-electron chi connectivity index (χ2n) is 5.20. The van der Waals surface area contributed by atoms with Gasteiger partial charge in [-0.2, -0.15) is 0 Å². The van der Waals surface area contributed by atoms with Crippen LogP contribution < -0.4 is 5.32 Å². The van der Waals surface area contributed by atoms with Crippen LogP contribution >= 0.6 is 0 Å². The molecule has 2 rings (SSSR count). The van der Waals surface area contributed by atoms with E-state index in [0.717, 1.165) is 18.7 Å². The molecule has 0 spiro atoms. The molecule has 0 aromatic heterocycles. The average molecular weight is 276 g/mol. The Bertz CT molecular complexity index is 448. The van der Waals surface area contributed by atoms with Crippen LogP contribution in [-0.2, 0) is 11.3 Å². The molecule has 1 aromatic rings. The minimum atomic E-state index is -0.265. The van der Waals surface area contributed by atoms with E-state index < -0.39 is 0 Å². The van der Waals surface area contributed by atoms with Gasteiger partial charge in [-0.05, 0) is 37.6 Å². The van der Waals surface area contributed by atoms with E-state index in [2.05, 4.69) is 17.1 Å². The van der Waals surface area contributed by atoms with Crippen molar-refractivity contribution < 1.29 is 9.53 Å². The van der Waals surface area contributed by atoms with Gasteiger partial charge in [-0.25, -0.2) is 4.79 Å². The number of likely N-dealkylation sites (tertiary alicyclic amines) is 1. The highest BCUT2D eigenvalue weighted by Gasteiger charge is 2.22. The Morgan fingerprint density at radius 1 is 1.45 bits per heavy atom. The minimum Gasteiger partial charge on any atom is -0.465 e. The molecule has 1 N–H and O–H groups in total. The second-order valence-corrected chi connectivity index (χ2v) is 5.20. The fourth-order valence-electron chi connectivity index (χ4n) is 2.90. The Hall–Kier alpha value is -1.39. The Morgan fingerprint density at radius 2 is 2.25 bits per heavy atom. The third kappa shape index (κ3) is 3.58. The molecule has 20 heavy (non-hydrogen) atoms. The number of rotatable bonds is 6. The lowest BCUT2D eigenvalue weighted by Crippen LogP contribution is -2.37. The van der Waals surface area contributed by atoms with Crippen LogP contribution in [0, 0.1) is 0 Å². The molecule has 0 bridgehead atoms. The van der Waals surface area contributed by atoms with Gasteiger partial charge in [0.1, 0.15) is 0 Å². The largest absolute Gasteiger partial charge is 0.465 e. The lowest BCUT2D eigenvalue weighted by atomic mass is 10.1. The summed E-state index contributed by atoms with van der Waals surface area (Å²) >= 11 is 0. The first-order valence-electron chi connectivity index (χ1n) is 7.37. The normalized spacial score (nSPS) is 19.2. The fourth-order valence-corrected chi connectivity index (χ4v) is 2.90. The Morgan fingerprint density at radius 3 is 3.00 bits per heavy atom. The number of hydrogen-bond acceptors (Lipinski definition) is 4. The van der Waals surface area contributed by atoms with Crippen molar-refractivity contribution in [2.24, 2.45) is 0 Å². The molecule has 1 atom stereocenters. The van der Waals surface area contributed by atoms with E-state index >= 15 is 0 Å². The van der Waals surface area contributed by atoms with E-state index in [4.69, 9.17) is 4.74 Å². The van der Waals surface area contributed by atoms with Crippen LogP contribution in [0.3, 0.4) is 0 Å². The van der Waals surface area contributed by atoms with Crippen molar-refractivity contribution in [3.8, 4) is 0 Å². The zero-order chi connectivity index (χ0) is 14.4.